The van der Waals surface area contributed by atoms with Gasteiger partial charge in [-0.2, -0.15) is 0 Å². The van der Waals surface area contributed by atoms with Gasteiger partial charge in [-0.05, 0) is 42.9 Å². The number of rotatable bonds is 10. The van der Waals surface area contributed by atoms with Gasteiger partial charge in [-0.15, -0.1) is 0 Å². The van der Waals surface area contributed by atoms with Crippen molar-refractivity contribution < 1.29 is 22.3 Å². The Kier molecular flexibility index (Phi) is 7.79. The van der Waals surface area contributed by atoms with E-state index < -0.39 is 21.3 Å². The van der Waals surface area contributed by atoms with Gasteiger partial charge in [0.05, 0.1) is 29.1 Å². The zero-order valence-corrected chi connectivity index (χ0v) is 26.0. The minimum Gasteiger partial charge on any atom is -0.475 e. The van der Waals surface area contributed by atoms with Crippen molar-refractivity contribution in [2.75, 3.05) is 36.1 Å². The van der Waals surface area contributed by atoms with Crippen LogP contribution in [0, 0.1) is 11.7 Å². The molecule has 44 heavy (non-hydrogen) atoms. The van der Waals surface area contributed by atoms with Crippen molar-refractivity contribution in [3.05, 3.63) is 77.9 Å². The molecule has 2 aliphatic rings. The average Bonchev–Trinajstić information content (AvgIpc) is 3.17. The molecule has 1 amide bonds. The maximum absolute atomic E-state index is 15.7. The molecule has 6 rings (SSSR count). The van der Waals surface area contributed by atoms with Crippen LogP contribution < -0.4 is 19.7 Å². The van der Waals surface area contributed by atoms with Gasteiger partial charge in [0.1, 0.15) is 18.1 Å². The fraction of sp³-hybridized carbons (Fsp3) is 0.364. The highest BCUT2D eigenvalue weighted by Gasteiger charge is 2.58. The fourth-order valence-electron chi connectivity index (χ4n) is 6.60. The molecule has 1 aliphatic carbocycles. The van der Waals surface area contributed by atoms with E-state index >= 15 is 4.39 Å². The lowest BCUT2D eigenvalue weighted by atomic mass is 9.57. The van der Waals surface area contributed by atoms with E-state index in [2.05, 4.69) is 32.1 Å². The van der Waals surface area contributed by atoms with E-state index in [1.165, 1.54) is 23.9 Å². The first kappa shape index (κ1) is 30.0. The van der Waals surface area contributed by atoms with E-state index in [4.69, 9.17) is 4.74 Å². The number of carbonyl (C=O) groups is 1. The highest BCUT2D eigenvalue weighted by molar-refractivity contribution is 7.92. The molecule has 1 aliphatic heterocycles. The summed E-state index contributed by atoms with van der Waals surface area (Å²) in [5.41, 5.74) is 3.31. The topological polar surface area (TPSA) is 114 Å². The van der Waals surface area contributed by atoms with Crippen molar-refractivity contribution in [2.45, 2.75) is 44.6 Å². The normalized spacial score (nSPS) is 19.5. The number of hydrogen-bond donors (Lipinski definition) is 2. The van der Waals surface area contributed by atoms with Crippen LogP contribution in [0.3, 0.4) is 0 Å². The largest absolute Gasteiger partial charge is 0.475 e. The second kappa shape index (κ2) is 11.4. The number of carbonyl (C=O) groups excluding carboxylic acids is 1. The number of likely N-dealkylation sites (N-methyl/N-ethyl adjacent to an activating group) is 1. The number of fused-ring (bicyclic) bond motifs is 4. The van der Waals surface area contributed by atoms with Crippen molar-refractivity contribution in [1.29, 1.82) is 0 Å². The Morgan fingerprint density at radius 3 is 2.57 bits per heavy atom. The Bertz CT molecular complexity index is 1840. The van der Waals surface area contributed by atoms with Crippen LogP contribution in [-0.2, 0) is 26.7 Å². The summed E-state index contributed by atoms with van der Waals surface area (Å²) in [4.78, 5) is 24.3. The molecule has 1 saturated carbocycles. The Hall–Kier alpha value is -4.09. The Balaban J connectivity index is 1.38. The summed E-state index contributed by atoms with van der Waals surface area (Å²) in [6, 6.07) is 15.1. The summed E-state index contributed by atoms with van der Waals surface area (Å²) in [5, 5.41) is 3.93. The average molecular weight is 618 g/mol. The van der Waals surface area contributed by atoms with Crippen molar-refractivity contribution in [2.24, 2.45) is 5.92 Å². The maximum atomic E-state index is 15.7. The molecule has 2 aromatic carbocycles. The quantitative estimate of drug-likeness (QED) is 0.240. The minimum atomic E-state index is -3.68. The number of anilines is 2. The minimum absolute atomic E-state index is 0.0340. The number of ether oxygens (including phenoxy) is 1. The van der Waals surface area contributed by atoms with Crippen LogP contribution >= 0.6 is 0 Å². The van der Waals surface area contributed by atoms with Crippen LogP contribution in [0.25, 0.3) is 22.0 Å². The van der Waals surface area contributed by atoms with Gasteiger partial charge in [0.2, 0.25) is 21.8 Å². The van der Waals surface area contributed by atoms with Crippen molar-refractivity contribution in [3.8, 4) is 17.0 Å². The van der Waals surface area contributed by atoms with Crippen molar-refractivity contribution in [1.82, 2.24) is 15.3 Å². The zero-order valence-electron chi connectivity index (χ0n) is 25.2. The molecule has 0 unspecified atom stereocenters. The van der Waals surface area contributed by atoms with Crippen molar-refractivity contribution >= 4 is 38.2 Å². The standard InChI is InChI=1S/C33H36FN5O4S/c1-20(2)35-10-11-43-31-28(38-44(4,41)42)13-23(18-37-31)24-14-25-27(15-26(24)34)36-19-29-30(25)33(32(40)39(29)3)16-22(17-33)12-21-8-6-5-7-9-21/h5-9,13-15,18-20,22,35,38H,10-12,16-17H2,1-4H3/t22-,33+. The van der Waals surface area contributed by atoms with E-state index in [0.29, 0.717) is 41.8 Å². The van der Waals surface area contributed by atoms with Gasteiger partial charge in [0.15, 0.2) is 0 Å². The van der Waals surface area contributed by atoms with E-state index in [1.807, 2.05) is 32.0 Å². The predicted molar refractivity (Wildman–Crippen MR) is 170 cm³/mol. The van der Waals surface area contributed by atoms with Crippen LogP contribution in [0.2, 0.25) is 0 Å². The zero-order chi connectivity index (χ0) is 31.2. The number of sulfonamides is 1. The van der Waals surface area contributed by atoms with Crippen LogP contribution in [0.5, 0.6) is 5.88 Å². The monoisotopic (exact) mass is 617 g/mol. The van der Waals surface area contributed by atoms with Crippen LogP contribution in [0.4, 0.5) is 15.8 Å². The summed E-state index contributed by atoms with van der Waals surface area (Å²) in [5.74, 6) is -0.0552. The number of aromatic nitrogens is 2. The van der Waals surface area contributed by atoms with Gasteiger partial charge in [-0.1, -0.05) is 44.2 Å². The lowest BCUT2D eigenvalue weighted by molar-refractivity contribution is -0.127. The molecule has 0 radical (unpaired) electrons. The SMILES string of the molecule is CC(C)NCCOc1ncc(-c2cc3c(cc2F)ncc2c3[C@]3(C[C@H](Cc4ccccc4)C3)C(=O)N2C)cc1NS(C)(=O)=O. The molecule has 0 atom stereocenters. The Morgan fingerprint density at radius 1 is 1.11 bits per heavy atom. The first-order valence-corrected chi connectivity index (χ1v) is 16.6. The molecular weight excluding hydrogens is 581 g/mol. The highest BCUT2D eigenvalue weighted by atomic mass is 32.2. The molecule has 0 bridgehead atoms. The van der Waals surface area contributed by atoms with Gasteiger partial charge >= 0.3 is 0 Å². The summed E-state index contributed by atoms with van der Waals surface area (Å²) in [6.07, 6.45) is 6.44. The van der Waals surface area contributed by atoms with Gasteiger partial charge in [-0.3, -0.25) is 14.5 Å². The molecule has 1 fully saturated rings. The van der Waals surface area contributed by atoms with E-state index in [9.17, 15) is 13.2 Å². The Morgan fingerprint density at radius 2 is 1.86 bits per heavy atom. The summed E-state index contributed by atoms with van der Waals surface area (Å²) < 4.78 is 48.2. The molecule has 3 heterocycles. The fourth-order valence-corrected chi connectivity index (χ4v) is 7.14. The first-order chi connectivity index (χ1) is 20.9. The third kappa shape index (κ3) is 5.61. The molecule has 0 saturated heterocycles. The number of halogens is 1. The lowest BCUT2D eigenvalue weighted by Gasteiger charge is -2.44. The van der Waals surface area contributed by atoms with Crippen molar-refractivity contribution in [3.63, 3.8) is 0 Å². The molecule has 1 spiro atoms. The van der Waals surface area contributed by atoms with Gasteiger partial charge < -0.3 is 15.0 Å². The molecule has 2 aromatic heterocycles. The molecule has 4 aromatic rings. The predicted octanol–water partition coefficient (Wildman–Crippen LogP) is 5.05. The first-order valence-electron chi connectivity index (χ1n) is 14.7. The van der Waals surface area contributed by atoms with Crippen LogP contribution in [0.1, 0.15) is 37.8 Å². The second-order valence-corrected chi connectivity index (χ2v) is 13.9. The molecule has 11 heteroatoms. The number of benzene rings is 2. The number of hydrogen-bond acceptors (Lipinski definition) is 7. The second-order valence-electron chi connectivity index (χ2n) is 12.2. The van der Waals surface area contributed by atoms with Gasteiger partial charge in [0, 0.05) is 54.0 Å². The smallest absolute Gasteiger partial charge is 0.238 e. The van der Waals surface area contributed by atoms with Gasteiger partial charge in [-0.25, -0.2) is 17.8 Å². The van der Waals surface area contributed by atoms with Crippen LogP contribution in [0.15, 0.2) is 60.9 Å². The van der Waals surface area contributed by atoms with Gasteiger partial charge in [0.25, 0.3) is 0 Å². The van der Waals surface area contributed by atoms with E-state index in [0.717, 1.165) is 23.9 Å². The molecule has 230 valence electrons. The highest BCUT2D eigenvalue weighted by Crippen LogP contribution is 2.58. The number of pyridine rings is 2. The molecule has 9 nitrogen and oxygen atoms in total. The number of nitrogens with one attached hydrogen (secondary N) is 2. The third-order valence-electron chi connectivity index (χ3n) is 8.48. The van der Waals surface area contributed by atoms with Crippen LogP contribution in [-0.4, -0.2) is 56.8 Å². The van der Waals surface area contributed by atoms with E-state index in [-0.39, 0.29) is 35.7 Å². The third-order valence-corrected chi connectivity index (χ3v) is 9.07. The molecule has 2 N–H and O–H groups in total. The summed E-state index contributed by atoms with van der Waals surface area (Å²) in [6.45, 7) is 4.82. The molecular formula is C33H36FN5O4S. The maximum Gasteiger partial charge on any atom is 0.238 e. The lowest BCUT2D eigenvalue weighted by Crippen LogP contribution is -2.49. The number of nitrogens with zero attached hydrogens (tertiary/aromatic N) is 3. The Labute approximate surface area is 256 Å². The summed E-state index contributed by atoms with van der Waals surface area (Å²) in [7, 11) is -1.91. The van der Waals surface area contributed by atoms with E-state index in [1.54, 1.807) is 24.2 Å². The number of amides is 1. The summed E-state index contributed by atoms with van der Waals surface area (Å²) >= 11 is 0.